The first-order valence-electron chi connectivity index (χ1n) is 8.78. The predicted molar refractivity (Wildman–Crippen MR) is 110 cm³/mol. The van der Waals surface area contributed by atoms with Gasteiger partial charge in [-0.2, -0.15) is 0 Å². The molecular weight excluding hydrogens is 413 g/mol. The quantitative estimate of drug-likeness (QED) is 0.355. The molecule has 1 N–H and O–H groups in total. The SMILES string of the molecule is O=C1C(=O)N(Cc2cccs2)C(c2ccccc2F)/C1=C(/O)c1cccc(Cl)c1. The van der Waals surface area contributed by atoms with E-state index in [-0.39, 0.29) is 29.0 Å². The first kappa shape index (κ1) is 19.4. The van der Waals surface area contributed by atoms with E-state index in [1.807, 2.05) is 17.5 Å². The summed E-state index contributed by atoms with van der Waals surface area (Å²) in [5, 5.41) is 13.1. The number of hydrogen-bond donors (Lipinski definition) is 1. The van der Waals surface area contributed by atoms with Crippen molar-refractivity contribution in [2.75, 3.05) is 0 Å². The summed E-state index contributed by atoms with van der Waals surface area (Å²) in [6.07, 6.45) is 0. The third kappa shape index (κ3) is 3.57. The number of ketones is 1. The molecule has 1 saturated heterocycles. The molecule has 1 fully saturated rings. The van der Waals surface area contributed by atoms with E-state index < -0.39 is 23.5 Å². The number of carbonyl (C=O) groups excluding carboxylic acids is 2. The van der Waals surface area contributed by atoms with E-state index in [1.54, 1.807) is 24.3 Å². The van der Waals surface area contributed by atoms with Gasteiger partial charge < -0.3 is 10.0 Å². The number of aliphatic hydroxyl groups is 1. The van der Waals surface area contributed by atoms with Gasteiger partial charge in [-0.3, -0.25) is 9.59 Å². The van der Waals surface area contributed by atoms with Crippen molar-refractivity contribution >= 4 is 40.4 Å². The number of thiophene rings is 1. The van der Waals surface area contributed by atoms with Crippen LogP contribution in [-0.2, 0) is 16.1 Å². The van der Waals surface area contributed by atoms with Crippen molar-refractivity contribution in [2.24, 2.45) is 0 Å². The number of hydrogen-bond acceptors (Lipinski definition) is 4. The second-order valence-electron chi connectivity index (χ2n) is 6.54. The van der Waals surface area contributed by atoms with Crippen molar-refractivity contribution in [3.8, 4) is 0 Å². The molecule has 1 aliphatic heterocycles. The Morgan fingerprint density at radius 3 is 2.59 bits per heavy atom. The maximum atomic E-state index is 14.7. The standard InChI is InChI=1S/C22H15ClFNO3S/c23-14-6-3-5-13(11-14)20(26)18-19(16-8-1-2-9-17(16)24)25(22(28)21(18)27)12-15-7-4-10-29-15/h1-11,19,26H,12H2/b20-18-. The number of aliphatic hydroxyl groups excluding tert-OH is 1. The Balaban J connectivity index is 1.90. The first-order chi connectivity index (χ1) is 14.0. The minimum absolute atomic E-state index is 0.133. The summed E-state index contributed by atoms with van der Waals surface area (Å²) >= 11 is 7.44. The minimum Gasteiger partial charge on any atom is -0.507 e. The molecule has 2 aromatic carbocycles. The van der Waals surface area contributed by atoms with Gasteiger partial charge >= 0.3 is 0 Å². The van der Waals surface area contributed by atoms with Gasteiger partial charge in [0.25, 0.3) is 11.7 Å². The summed E-state index contributed by atoms with van der Waals surface area (Å²) in [5.41, 5.74) is 0.277. The fraction of sp³-hybridized carbons (Fsp3) is 0.0909. The molecule has 0 radical (unpaired) electrons. The average molecular weight is 428 g/mol. The molecule has 2 heterocycles. The Labute approximate surface area is 175 Å². The van der Waals surface area contributed by atoms with Crippen LogP contribution in [-0.4, -0.2) is 21.7 Å². The van der Waals surface area contributed by atoms with Crippen molar-refractivity contribution in [2.45, 2.75) is 12.6 Å². The normalized spacial score (nSPS) is 18.4. The highest BCUT2D eigenvalue weighted by molar-refractivity contribution is 7.09. The number of likely N-dealkylation sites (tertiary alicyclic amines) is 1. The van der Waals surface area contributed by atoms with Crippen LogP contribution < -0.4 is 0 Å². The lowest BCUT2D eigenvalue weighted by Gasteiger charge is -2.25. The molecule has 0 bridgehead atoms. The molecule has 0 spiro atoms. The van der Waals surface area contributed by atoms with Crippen LogP contribution in [0.5, 0.6) is 0 Å². The van der Waals surface area contributed by atoms with E-state index in [1.165, 1.54) is 40.5 Å². The molecule has 29 heavy (non-hydrogen) atoms. The summed E-state index contributed by atoms with van der Waals surface area (Å²) in [7, 11) is 0. The molecule has 1 unspecified atom stereocenters. The molecule has 1 aromatic heterocycles. The summed E-state index contributed by atoms with van der Waals surface area (Å²) in [5.74, 6) is -2.58. The molecule has 0 saturated carbocycles. The lowest BCUT2D eigenvalue weighted by Crippen LogP contribution is -2.29. The second-order valence-corrected chi connectivity index (χ2v) is 8.01. The molecule has 4 nitrogen and oxygen atoms in total. The summed E-state index contributed by atoms with van der Waals surface area (Å²) in [6.45, 7) is 0.133. The van der Waals surface area contributed by atoms with E-state index >= 15 is 0 Å². The van der Waals surface area contributed by atoms with E-state index in [0.717, 1.165) is 4.88 Å². The van der Waals surface area contributed by atoms with Crippen LogP contribution >= 0.6 is 22.9 Å². The molecule has 3 aromatic rings. The van der Waals surface area contributed by atoms with Crippen LogP contribution in [0.3, 0.4) is 0 Å². The average Bonchev–Trinajstić information content (AvgIpc) is 3.30. The summed E-state index contributed by atoms with van der Waals surface area (Å²) < 4.78 is 14.7. The van der Waals surface area contributed by atoms with E-state index in [4.69, 9.17) is 11.6 Å². The van der Waals surface area contributed by atoms with Gasteiger partial charge in [0.05, 0.1) is 18.2 Å². The highest BCUT2D eigenvalue weighted by atomic mass is 35.5. The van der Waals surface area contributed by atoms with Crippen LogP contribution in [0.4, 0.5) is 4.39 Å². The predicted octanol–water partition coefficient (Wildman–Crippen LogP) is 5.16. The van der Waals surface area contributed by atoms with Crippen LogP contribution in [0.15, 0.2) is 71.6 Å². The van der Waals surface area contributed by atoms with Gasteiger partial charge in [0.2, 0.25) is 0 Å². The number of benzene rings is 2. The molecular formula is C22H15ClFNO3S. The van der Waals surface area contributed by atoms with E-state index in [9.17, 15) is 19.1 Å². The second kappa shape index (κ2) is 7.81. The maximum Gasteiger partial charge on any atom is 0.295 e. The molecule has 1 amide bonds. The van der Waals surface area contributed by atoms with Gasteiger partial charge in [-0.25, -0.2) is 4.39 Å². The Bertz CT molecular complexity index is 1130. The highest BCUT2D eigenvalue weighted by Crippen LogP contribution is 2.41. The monoisotopic (exact) mass is 427 g/mol. The van der Waals surface area contributed by atoms with Gasteiger partial charge in [-0.1, -0.05) is 48.0 Å². The van der Waals surface area contributed by atoms with E-state index in [0.29, 0.717) is 5.02 Å². The number of carbonyl (C=O) groups is 2. The third-order valence-electron chi connectivity index (χ3n) is 4.74. The minimum atomic E-state index is -1.04. The molecule has 0 aliphatic carbocycles. The fourth-order valence-electron chi connectivity index (χ4n) is 3.42. The molecule has 146 valence electrons. The van der Waals surface area contributed by atoms with Crippen molar-refractivity contribution in [3.05, 3.63) is 98.5 Å². The third-order valence-corrected chi connectivity index (χ3v) is 5.84. The lowest BCUT2D eigenvalue weighted by atomic mass is 9.95. The van der Waals surface area contributed by atoms with E-state index in [2.05, 4.69) is 0 Å². The molecule has 7 heteroatoms. The Morgan fingerprint density at radius 1 is 1.10 bits per heavy atom. The highest BCUT2D eigenvalue weighted by Gasteiger charge is 2.47. The Kier molecular flexibility index (Phi) is 5.22. The van der Waals surface area contributed by atoms with Gasteiger partial charge in [0, 0.05) is 21.0 Å². The zero-order chi connectivity index (χ0) is 20.5. The molecule has 4 rings (SSSR count). The lowest BCUT2D eigenvalue weighted by molar-refractivity contribution is -0.140. The van der Waals surface area contributed by atoms with Crippen molar-refractivity contribution in [1.82, 2.24) is 4.90 Å². The number of Topliss-reactive ketones (excluding diaryl/α,β-unsaturated/α-hetero) is 1. The van der Waals surface area contributed by atoms with Gasteiger partial charge in [0.1, 0.15) is 11.6 Å². The van der Waals surface area contributed by atoms with Gasteiger partial charge in [-0.15, -0.1) is 11.3 Å². The number of amides is 1. The van der Waals surface area contributed by atoms with Crippen molar-refractivity contribution in [3.63, 3.8) is 0 Å². The largest absolute Gasteiger partial charge is 0.507 e. The topological polar surface area (TPSA) is 57.6 Å². The van der Waals surface area contributed by atoms with Gasteiger partial charge in [0.15, 0.2) is 0 Å². The maximum absolute atomic E-state index is 14.7. The number of rotatable bonds is 4. The van der Waals surface area contributed by atoms with Crippen molar-refractivity contribution < 1.29 is 19.1 Å². The van der Waals surface area contributed by atoms with Crippen LogP contribution in [0, 0.1) is 5.82 Å². The zero-order valence-corrected chi connectivity index (χ0v) is 16.6. The van der Waals surface area contributed by atoms with Crippen LogP contribution in [0.2, 0.25) is 5.02 Å². The van der Waals surface area contributed by atoms with Crippen LogP contribution in [0.25, 0.3) is 5.76 Å². The fourth-order valence-corrected chi connectivity index (χ4v) is 4.32. The zero-order valence-electron chi connectivity index (χ0n) is 15.0. The smallest absolute Gasteiger partial charge is 0.295 e. The summed E-state index contributed by atoms with van der Waals surface area (Å²) in [4.78, 5) is 27.8. The Morgan fingerprint density at radius 2 is 1.90 bits per heavy atom. The van der Waals surface area contributed by atoms with Gasteiger partial charge in [-0.05, 0) is 29.6 Å². The molecule has 1 atom stereocenters. The number of halogens is 2. The van der Waals surface area contributed by atoms with Crippen LogP contribution in [0.1, 0.15) is 22.0 Å². The Hall–Kier alpha value is -2.96. The van der Waals surface area contributed by atoms with Crippen molar-refractivity contribution in [1.29, 1.82) is 0 Å². The summed E-state index contributed by atoms with van der Waals surface area (Å²) in [6, 6.07) is 14.9. The first-order valence-corrected chi connectivity index (χ1v) is 10.0. The number of nitrogens with zero attached hydrogens (tertiary/aromatic N) is 1. The molecule has 1 aliphatic rings.